The number of allylic oxidation sites excluding steroid dienone is 1. The molecule has 0 bridgehead atoms. The normalized spacial score (nSPS) is 14.8. The Morgan fingerprint density at radius 2 is 2.12 bits per heavy atom. The topological polar surface area (TPSA) is 134 Å². The van der Waals surface area contributed by atoms with Crippen LogP contribution in [0.3, 0.4) is 0 Å². The highest BCUT2D eigenvalue weighted by atomic mass is 19.1. The zero-order valence-electron chi connectivity index (χ0n) is 22.9. The molecular weight excluding hydrogens is 527 g/mol. The van der Waals surface area contributed by atoms with Gasteiger partial charge in [-0.05, 0) is 50.8 Å². The zero-order valence-corrected chi connectivity index (χ0v) is 22.9. The maximum absolute atomic E-state index is 14.2. The van der Waals surface area contributed by atoms with E-state index in [1.807, 2.05) is 43.1 Å². The van der Waals surface area contributed by atoms with E-state index in [0.29, 0.717) is 35.6 Å². The third-order valence-electron chi connectivity index (χ3n) is 6.77. The van der Waals surface area contributed by atoms with Gasteiger partial charge in [0, 0.05) is 67.8 Å². The number of carbonyl (C=O) groups is 1. The van der Waals surface area contributed by atoms with Gasteiger partial charge in [-0.25, -0.2) is 14.4 Å². The predicted molar refractivity (Wildman–Crippen MR) is 155 cm³/mol. The number of amides is 1. The summed E-state index contributed by atoms with van der Waals surface area (Å²) < 4.78 is 29.1. The first-order valence-corrected chi connectivity index (χ1v) is 13.1. The average molecular weight is 559 g/mol. The fourth-order valence-electron chi connectivity index (χ4n) is 4.75. The first-order valence-electron chi connectivity index (χ1n) is 13.1. The lowest BCUT2D eigenvalue weighted by atomic mass is 10.1. The predicted octanol–water partition coefficient (Wildman–Crippen LogP) is 3.99. The van der Waals surface area contributed by atoms with Gasteiger partial charge in [0.1, 0.15) is 36.0 Å². The van der Waals surface area contributed by atoms with Crippen molar-refractivity contribution in [2.75, 3.05) is 25.6 Å². The number of rotatable bonds is 9. The molecule has 4 aromatic rings. The lowest BCUT2D eigenvalue weighted by Gasteiger charge is -2.23. The van der Waals surface area contributed by atoms with Gasteiger partial charge in [0.15, 0.2) is 0 Å². The Labute approximate surface area is 236 Å². The number of ether oxygens (including phenoxy) is 2. The van der Waals surface area contributed by atoms with E-state index in [1.165, 1.54) is 24.5 Å². The van der Waals surface area contributed by atoms with Crippen LogP contribution in [-0.4, -0.2) is 62.8 Å². The molecule has 0 saturated carbocycles. The van der Waals surface area contributed by atoms with E-state index in [1.54, 1.807) is 10.9 Å². The SMILES string of the molecule is C=N/C=C(\C=C(/C)n1cc(-c2ccn(C)n2)c2c(N)ncnc21)COc1cc(F)ccc1C(=O)NC1CCOCC1. The number of nitrogens with zero attached hydrogens (tertiary/aromatic N) is 6. The van der Waals surface area contributed by atoms with Gasteiger partial charge in [0.2, 0.25) is 0 Å². The van der Waals surface area contributed by atoms with Crippen molar-refractivity contribution in [3.63, 3.8) is 0 Å². The number of halogens is 1. The van der Waals surface area contributed by atoms with Crippen LogP contribution in [0.5, 0.6) is 5.75 Å². The zero-order chi connectivity index (χ0) is 28.9. The van der Waals surface area contributed by atoms with E-state index in [-0.39, 0.29) is 29.9 Å². The van der Waals surface area contributed by atoms with Gasteiger partial charge < -0.3 is 25.1 Å². The van der Waals surface area contributed by atoms with E-state index in [0.717, 1.165) is 29.8 Å². The Balaban J connectivity index is 1.41. The quantitative estimate of drug-likeness (QED) is 0.234. The maximum Gasteiger partial charge on any atom is 0.255 e. The van der Waals surface area contributed by atoms with Gasteiger partial charge in [-0.15, -0.1) is 0 Å². The van der Waals surface area contributed by atoms with Crippen molar-refractivity contribution in [1.29, 1.82) is 0 Å². The fraction of sp³-hybridized carbons (Fsp3) is 0.276. The van der Waals surface area contributed by atoms with Gasteiger partial charge in [0.05, 0.1) is 16.6 Å². The van der Waals surface area contributed by atoms with E-state index in [2.05, 4.69) is 32.1 Å². The largest absolute Gasteiger partial charge is 0.488 e. The molecule has 5 rings (SSSR count). The van der Waals surface area contributed by atoms with Crippen LogP contribution in [0.4, 0.5) is 10.2 Å². The lowest BCUT2D eigenvalue weighted by molar-refractivity contribution is 0.0695. The van der Waals surface area contributed by atoms with E-state index < -0.39 is 5.82 Å². The number of hydrogen-bond donors (Lipinski definition) is 2. The monoisotopic (exact) mass is 558 g/mol. The molecular formula is C29H31FN8O3. The summed E-state index contributed by atoms with van der Waals surface area (Å²) in [6.07, 6.45) is 9.98. The molecule has 41 heavy (non-hydrogen) atoms. The minimum absolute atomic E-state index is 0.000778. The number of carbonyl (C=O) groups excluding carboxylic acids is 1. The molecule has 1 fully saturated rings. The maximum atomic E-state index is 14.2. The summed E-state index contributed by atoms with van der Waals surface area (Å²) in [5.74, 6) is -0.379. The lowest BCUT2D eigenvalue weighted by Crippen LogP contribution is -2.39. The van der Waals surface area contributed by atoms with Crippen molar-refractivity contribution in [3.8, 4) is 17.0 Å². The number of aryl methyl sites for hydroxylation is 1. The van der Waals surface area contributed by atoms with Crippen molar-refractivity contribution in [3.05, 3.63) is 72.2 Å². The van der Waals surface area contributed by atoms with Crippen LogP contribution in [0.25, 0.3) is 28.0 Å². The molecule has 1 aromatic carbocycles. The van der Waals surface area contributed by atoms with E-state index in [9.17, 15) is 9.18 Å². The van der Waals surface area contributed by atoms with Gasteiger partial charge in [-0.2, -0.15) is 5.10 Å². The number of nitrogens with one attached hydrogen (secondary N) is 1. The standard InChI is InChI=1S/C29H31FN8O3/c1-18(38-15-23(24-6-9-37(3)36-24)26-27(31)33-17-34-28(26)38)12-19(14-32-2)16-41-25-13-20(30)4-5-22(25)29(39)35-21-7-10-40-11-8-21/h4-6,9,12-15,17,21H,2,7-8,10-11,16H2,1,3H3,(H,35,39)(H2,31,33,34)/b18-12+,19-14+. The minimum atomic E-state index is -0.514. The molecule has 1 saturated heterocycles. The van der Waals surface area contributed by atoms with Crippen molar-refractivity contribution >= 4 is 35.2 Å². The number of anilines is 1. The molecule has 4 heterocycles. The van der Waals surface area contributed by atoms with Crippen LogP contribution >= 0.6 is 0 Å². The highest BCUT2D eigenvalue weighted by molar-refractivity contribution is 6.01. The van der Waals surface area contributed by atoms with E-state index >= 15 is 0 Å². The summed E-state index contributed by atoms with van der Waals surface area (Å²) in [7, 11) is 1.84. The minimum Gasteiger partial charge on any atom is -0.488 e. The summed E-state index contributed by atoms with van der Waals surface area (Å²) >= 11 is 0. The Morgan fingerprint density at radius 3 is 2.85 bits per heavy atom. The molecule has 1 aliphatic rings. The second-order valence-corrected chi connectivity index (χ2v) is 9.71. The highest BCUT2D eigenvalue weighted by Gasteiger charge is 2.21. The van der Waals surface area contributed by atoms with Crippen LogP contribution in [0, 0.1) is 5.82 Å². The van der Waals surface area contributed by atoms with Gasteiger partial charge in [-0.3, -0.25) is 14.5 Å². The molecule has 0 unspecified atom stereocenters. The molecule has 0 spiro atoms. The summed E-state index contributed by atoms with van der Waals surface area (Å²) in [4.78, 5) is 25.6. The van der Waals surface area contributed by atoms with Crippen LogP contribution < -0.4 is 15.8 Å². The second kappa shape index (κ2) is 12.1. The first-order chi connectivity index (χ1) is 19.8. The molecule has 3 aromatic heterocycles. The summed E-state index contributed by atoms with van der Waals surface area (Å²) in [5, 5.41) is 8.19. The Bertz CT molecular complexity index is 1650. The van der Waals surface area contributed by atoms with Crippen LogP contribution in [-0.2, 0) is 11.8 Å². The van der Waals surface area contributed by atoms with Crippen molar-refractivity contribution in [1.82, 2.24) is 29.6 Å². The Morgan fingerprint density at radius 1 is 1.32 bits per heavy atom. The molecule has 1 aliphatic heterocycles. The Hall–Kier alpha value is -4.84. The number of aromatic nitrogens is 5. The average Bonchev–Trinajstić information content (AvgIpc) is 3.57. The van der Waals surface area contributed by atoms with Crippen LogP contribution in [0.2, 0.25) is 0 Å². The van der Waals surface area contributed by atoms with Crippen LogP contribution in [0.1, 0.15) is 30.1 Å². The summed E-state index contributed by atoms with van der Waals surface area (Å²) in [5.41, 5.74) is 10.0. The number of nitrogens with two attached hydrogens (primary N) is 1. The second-order valence-electron chi connectivity index (χ2n) is 9.71. The van der Waals surface area contributed by atoms with E-state index in [4.69, 9.17) is 15.2 Å². The molecule has 0 aliphatic carbocycles. The summed E-state index contributed by atoms with van der Waals surface area (Å²) in [6.45, 7) is 6.64. The van der Waals surface area contributed by atoms with Crippen molar-refractivity contribution < 1.29 is 18.7 Å². The van der Waals surface area contributed by atoms with Gasteiger partial charge in [0.25, 0.3) is 5.91 Å². The van der Waals surface area contributed by atoms with Crippen molar-refractivity contribution in [2.45, 2.75) is 25.8 Å². The first kappa shape index (κ1) is 27.7. The number of nitrogen functional groups attached to an aromatic ring is 1. The molecule has 212 valence electrons. The third kappa shape index (κ3) is 6.17. The number of benzene rings is 1. The molecule has 12 heteroatoms. The number of fused-ring (bicyclic) bond motifs is 1. The molecule has 0 atom stereocenters. The Kier molecular flexibility index (Phi) is 8.20. The smallest absolute Gasteiger partial charge is 0.255 e. The molecule has 0 radical (unpaired) electrons. The fourth-order valence-corrected chi connectivity index (χ4v) is 4.75. The molecule has 3 N–H and O–H groups in total. The van der Waals surface area contributed by atoms with Crippen molar-refractivity contribution in [2.24, 2.45) is 12.0 Å². The van der Waals surface area contributed by atoms with Crippen LogP contribution in [0.15, 0.2) is 65.8 Å². The number of hydrogen-bond acceptors (Lipinski definition) is 8. The highest BCUT2D eigenvalue weighted by Crippen LogP contribution is 2.33. The van der Waals surface area contributed by atoms with Gasteiger partial charge in [-0.1, -0.05) is 0 Å². The number of aliphatic imine (C=N–C) groups is 1. The molecule has 11 nitrogen and oxygen atoms in total. The molecule has 1 amide bonds. The van der Waals surface area contributed by atoms with Gasteiger partial charge >= 0.3 is 0 Å². The third-order valence-corrected chi connectivity index (χ3v) is 6.77. The summed E-state index contributed by atoms with van der Waals surface area (Å²) in [6, 6.07) is 5.74.